The minimum atomic E-state index is 0.775. The van der Waals surface area contributed by atoms with Crippen LogP contribution < -0.4 is 5.32 Å². The molecule has 2 heterocycles. The van der Waals surface area contributed by atoms with Gasteiger partial charge in [0, 0.05) is 25.5 Å². The Labute approximate surface area is 95.6 Å². The third-order valence-electron chi connectivity index (χ3n) is 2.44. The van der Waals surface area contributed by atoms with Crippen molar-refractivity contribution in [3.63, 3.8) is 0 Å². The SMILES string of the molecule is Cc1cccnc1CNCc1ccccn1. The molecule has 0 amide bonds. The number of nitrogens with one attached hydrogen (secondary N) is 1. The highest BCUT2D eigenvalue weighted by Gasteiger charge is 1.98. The van der Waals surface area contributed by atoms with Gasteiger partial charge < -0.3 is 5.32 Å². The van der Waals surface area contributed by atoms with Crippen molar-refractivity contribution in [2.24, 2.45) is 0 Å². The lowest BCUT2D eigenvalue weighted by atomic mass is 10.2. The molecule has 2 aromatic rings. The molecular weight excluding hydrogens is 198 g/mol. The van der Waals surface area contributed by atoms with E-state index in [1.807, 2.05) is 36.7 Å². The molecule has 0 unspecified atom stereocenters. The lowest BCUT2D eigenvalue weighted by Crippen LogP contribution is -2.15. The molecule has 0 saturated heterocycles. The van der Waals surface area contributed by atoms with Crippen LogP contribution in [-0.4, -0.2) is 9.97 Å². The van der Waals surface area contributed by atoms with E-state index in [2.05, 4.69) is 28.3 Å². The maximum Gasteiger partial charge on any atom is 0.0570 e. The van der Waals surface area contributed by atoms with Crippen LogP contribution >= 0.6 is 0 Å². The summed E-state index contributed by atoms with van der Waals surface area (Å²) in [6, 6.07) is 9.96. The van der Waals surface area contributed by atoms with Crippen molar-refractivity contribution in [3.05, 3.63) is 59.7 Å². The first-order valence-electron chi connectivity index (χ1n) is 5.37. The minimum absolute atomic E-state index is 0.775. The molecule has 3 heteroatoms. The van der Waals surface area contributed by atoms with Crippen LogP contribution in [0.4, 0.5) is 0 Å². The molecule has 0 spiro atoms. The van der Waals surface area contributed by atoms with E-state index in [0.717, 1.165) is 24.5 Å². The molecule has 0 aliphatic rings. The Morgan fingerprint density at radius 2 is 1.88 bits per heavy atom. The summed E-state index contributed by atoms with van der Waals surface area (Å²) in [5.41, 5.74) is 3.37. The van der Waals surface area contributed by atoms with E-state index in [1.54, 1.807) is 0 Å². The Bertz CT molecular complexity index is 440. The molecule has 0 fully saturated rings. The number of hydrogen-bond acceptors (Lipinski definition) is 3. The van der Waals surface area contributed by atoms with Crippen LogP contribution in [0.3, 0.4) is 0 Å². The molecule has 0 saturated carbocycles. The van der Waals surface area contributed by atoms with E-state index in [0.29, 0.717) is 0 Å². The molecule has 16 heavy (non-hydrogen) atoms. The lowest BCUT2D eigenvalue weighted by Gasteiger charge is -2.05. The summed E-state index contributed by atoms with van der Waals surface area (Å²) in [5.74, 6) is 0. The van der Waals surface area contributed by atoms with E-state index in [4.69, 9.17) is 0 Å². The summed E-state index contributed by atoms with van der Waals surface area (Å²) in [5, 5.41) is 3.33. The number of aromatic nitrogens is 2. The topological polar surface area (TPSA) is 37.8 Å². The number of pyridine rings is 2. The normalized spacial score (nSPS) is 10.3. The van der Waals surface area contributed by atoms with Gasteiger partial charge in [0.05, 0.1) is 11.4 Å². The van der Waals surface area contributed by atoms with Crippen molar-refractivity contribution in [3.8, 4) is 0 Å². The fourth-order valence-corrected chi connectivity index (χ4v) is 1.52. The Balaban J connectivity index is 1.87. The van der Waals surface area contributed by atoms with Crippen LogP contribution in [-0.2, 0) is 13.1 Å². The Morgan fingerprint density at radius 1 is 1.00 bits per heavy atom. The molecule has 2 aromatic heterocycles. The van der Waals surface area contributed by atoms with Crippen molar-refractivity contribution in [2.45, 2.75) is 20.0 Å². The average molecular weight is 213 g/mol. The van der Waals surface area contributed by atoms with Crippen LogP contribution in [0.5, 0.6) is 0 Å². The first-order valence-corrected chi connectivity index (χ1v) is 5.37. The summed E-state index contributed by atoms with van der Waals surface area (Å²) in [4.78, 5) is 8.58. The van der Waals surface area contributed by atoms with Crippen LogP contribution in [0.1, 0.15) is 17.0 Å². The maximum absolute atomic E-state index is 4.33. The van der Waals surface area contributed by atoms with Crippen molar-refractivity contribution >= 4 is 0 Å². The van der Waals surface area contributed by atoms with Gasteiger partial charge in [0.2, 0.25) is 0 Å². The highest BCUT2D eigenvalue weighted by Crippen LogP contribution is 2.02. The third kappa shape index (κ3) is 2.87. The number of hydrogen-bond donors (Lipinski definition) is 1. The zero-order valence-electron chi connectivity index (χ0n) is 9.35. The van der Waals surface area contributed by atoms with E-state index >= 15 is 0 Å². The second-order valence-corrected chi connectivity index (χ2v) is 3.69. The summed E-state index contributed by atoms with van der Waals surface area (Å²) >= 11 is 0. The number of nitrogens with zero attached hydrogens (tertiary/aromatic N) is 2. The molecule has 82 valence electrons. The van der Waals surface area contributed by atoms with E-state index < -0.39 is 0 Å². The van der Waals surface area contributed by atoms with E-state index in [9.17, 15) is 0 Å². The van der Waals surface area contributed by atoms with Crippen molar-refractivity contribution in [2.75, 3.05) is 0 Å². The third-order valence-corrected chi connectivity index (χ3v) is 2.44. The first-order chi connectivity index (χ1) is 7.86. The van der Waals surface area contributed by atoms with Crippen molar-refractivity contribution in [1.29, 1.82) is 0 Å². The van der Waals surface area contributed by atoms with Gasteiger partial charge in [-0.2, -0.15) is 0 Å². The van der Waals surface area contributed by atoms with Crippen molar-refractivity contribution in [1.82, 2.24) is 15.3 Å². The predicted molar refractivity (Wildman–Crippen MR) is 63.8 cm³/mol. The molecule has 0 aromatic carbocycles. The van der Waals surface area contributed by atoms with Crippen molar-refractivity contribution < 1.29 is 0 Å². The molecule has 1 N–H and O–H groups in total. The quantitative estimate of drug-likeness (QED) is 0.845. The Morgan fingerprint density at radius 3 is 2.62 bits per heavy atom. The standard InChI is InChI=1S/C13H15N3/c1-11-5-4-8-16-13(11)10-14-9-12-6-2-3-7-15-12/h2-8,14H,9-10H2,1H3. The highest BCUT2D eigenvalue weighted by atomic mass is 14.9. The minimum Gasteiger partial charge on any atom is -0.305 e. The molecule has 3 nitrogen and oxygen atoms in total. The van der Waals surface area contributed by atoms with Gasteiger partial charge in [0.1, 0.15) is 0 Å². The highest BCUT2D eigenvalue weighted by molar-refractivity contribution is 5.17. The molecule has 0 aliphatic carbocycles. The van der Waals surface area contributed by atoms with Gasteiger partial charge in [0.25, 0.3) is 0 Å². The van der Waals surface area contributed by atoms with Gasteiger partial charge in [-0.3, -0.25) is 9.97 Å². The van der Waals surface area contributed by atoms with E-state index in [-0.39, 0.29) is 0 Å². The molecular formula is C13H15N3. The fraction of sp³-hybridized carbons (Fsp3) is 0.231. The summed E-state index contributed by atoms with van der Waals surface area (Å²) in [6.07, 6.45) is 3.63. The van der Waals surface area contributed by atoms with Gasteiger partial charge in [-0.15, -0.1) is 0 Å². The molecule has 0 radical (unpaired) electrons. The lowest BCUT2D eigenvalue weighted by molar-refractivity contribution is 0.664. The van der Waals surface area contributed by atoms with Crippen LogP contribution in [0.15, 0.2) is 42.7 Å². The van der Waals surface area contributed by atoms with Crippen LogP contribution in [0, 0.1) is 6.92 Å². The van der Waals surface area contributed by atoms with Crippen LogP contribution in [0.2, 0.25) is 0 Å². The maximum atomic E-state index is 4.33. The van der Waals surface area contributed by atoms with Gasteiger partial charge in [-0.1, -0.05) is 12.1 Å². The zero-order valence-corrected chi connectivity index (χ0v) is 9.35. The zero-order chi connectivity index (χ0) is 11.2. The molecule has 0 bridgehead atoms. The Hall–Kier alpha value is -1.74. The number of rotatable bonds is 4. The second-order valence-electron chi connectivity index (χ2n) is 3.69. The largest absolute Gasteiger partial charge is 0.305 e. The van der Waals surface area contributed by atoms with Crippen LogP contribution in [0.25, 0.3) is 0 Å². The summed E-state index contributed by atoms with van der Waals surface area (Å²) in [6.45, 7) is 3.63. The fourth-order valence-electron chi connectivity index (χ4n) is 1.52. The predicted octanol–water partition coefficient (Wildman–Crippen LogP) is 2.07. The first kappa shape index (κ1) is 10.8. The number of aryl methyl sites for hydroxylation is 1. The van der Waals surface area contributed by atoms with Gasteiger partial charge in [0.15, 0.2) is 0 Å². The molecule has 0 aliphatic heterocycles. The summed E-state index contributed by atoms with van der Waals surface area (Å²) in [7, 11) is 0. The average Bonchev–Trinajstić information content (AvgIpc) is 2.33. The van der Waals surface area contributed by atoms with Gasteiger partial charge >= 0.3 is 0 Å². The van der Waals surface area contributed by atoms with Gasteiger partial charge in [-0.05, 0) is 30.7 Å². The smallest absolute Gasteiger partial charge is 0.0570 e. The molecule has 2 rings (SSSR count). The second kappa shape index (κ2) is 5.37. The summed E-state index contributed by atoms with van der Waals surface area (Å²) < 4.78 is 0. The van der Waals surface area contributed by atoms with Gasteiger partial charge in [-0.25, -0.2) is 0 Å². The monoisotopic (exact) mass is 213 g/mol. The Kier molecular flexibility index (Phi) is 3.62. The molecule has 0 atom stereocenters. The van der Waals surface area contributed by atoms with E-state index in [1.165, 1.54) is 5.56 Å².